The summed E-state index contributed by atoms with van der Waals surface area (Å²) in [7, 11) is 1.75. The Labute approximate surface area is 106 Å². The Balaban J connectivity index is 0.000000366. The van der Waals surface area contributed by atoms with Gasteiger partial charge in [0.15, 0.2) is 0 Å². The lowest BCUT2D eigenvalue weighted by molar-refractivity contribution is 0.647. The standard InChI is InChI=1S/C11H16.C5H9N/c1-9(2)7-11-6-4-5-10(3)8-11;1-3-4-5-6-2/h4-6,8-9H,7H2,1-3H3;3-5H,1-2H3/b;4-3-,6-5?. The summed E-state index contributed by atoms with van der Waals surface area (Å²) in [5.74, 6) is 0.761. The van der Waals surface area contributed by atoms with Crippen LogP contribution in [-0.4, -0.2) is 13.3 Å². The molecule has 0 heterocycles. The van der Waals surface area contributed by atoms with E-state index in [0.717, 1.165) is 5.92 Å². The van der Waals surface area contributed by atoms with Gasteiger partial charge in [0.25, 0.3) is 0 Å². The van der Waals surface area contributed by atoms with Gasteiger partial charge in [0.05, 0.1) is 0 Å². The van der Waals surface area contributed by atoms with E-state index in [9.17, 15) is 0 Å². The van der Waals surface area contributed by atoms with Gasteiger partial charge in [-0.2, -0.15) is 0 Å². The molecule has 0 aliphatic carbocycles. The molecule has 0 aliphatic heterocycles. The van der Waals surface area contributed by atoms with Crippen molar-refractivity contribution < 1.29 is 0 Å². The van der Waals surface area contributed by atoms with Crippen molar-refractivity contribution in [2.24, 2.45) is 10.9 Å². The lowest BCUT2D eigenvalue weighted by Gasteiger charge is -2.04. The van der Waals surface area contributed by atoms with Crippen molar-refractivity contribution in [2.75, 3.05) is 7.05 Å². The van der Waals surface area contributed by atoms with Crippen LogP contribution in [0, 0.1) is 12.8 Å². The predicted octanol–water partition coefficient (Wildman–Crippen LogP) is 4.46. The number of aliphatic imine (C=N–C) groups is 1. The average Bonchev–Trinajstić information content (AvgIpc) is 2.26. The second kappa shape index (κ2) is 9.83. The largest absolute Gasteiger partial charge is 0.297 e. The minimum absolute atomic E-state index is 0.761. The summed E-state index contributed by atoms with van der Waals surface area (Å²) in [4.78, 5) is 3.71. The van der Waals surface area contributed by atoms with Crippen LogP contribution in [0.5, 0.6) is 0 Å². The van der Waals surface area contributed by atoms with Crippen LogP contribution in [0.2, 0.25) is 0 Å². The van der Waals surface area contributed by atoms with Crippen LogP contribution in [0.25, 0.3) is 0 Å². The highest BCUT2D eigenvalue weighted by Gasteiger charge is 1.96. The molecule has 17 heavy (non-hydrogen) atoms. The maximum absolute atomic E-state index is 3.71. The Hall–Kier alpha value is -1.37. The summed E-state index contributed by atoms with van der Waals surface area (Å²) in [5.41, 5.74) is 2.82. The zero-order chi connectivity index (χ0) is 13.1. The zero-order valence-corrected chi connectivity index (χ0v) is 11.8. The number of rotatable bonds is 3. The van der Waals surface area contributed by atoms with Crippen molar-refractivity contribution in [3.8, 4) is 0 Å². The molecular formula is C16H25N. The van der Waals surface area contributed by atoms with Crippen molar-refractivity contribution in [3.05, 3.63) is 47.5 Å². The van der Waals surface area contributed by atoms with Crippen molar-refractivity contribution in [3.63, 3.8) is 0 Å². The lowest BCUT2D eigenvalue weighted by atomic mass is 10.0. The molecule has 1 nitrogen and oxygen atoms in total. The van der Waals surface area contributed by atoms with Gasteiger partial charge >= 0.3 is 0 Å². The van der Waals surface area contributed by atoms with Gasteiger partial charge in [0, 0.05) is 13.3 Å². The van der Waals surface area contributed by atoms with Gasteiger partial charge in [-0.1, -0.05) is 49.8 Å². The number of hydrogen-bond acceptors (Lipinski definition) is 1. The Morgan fingerprint density at radius 2 is 2.00 bits per heavy atom. The number of nitrogens with zero attached hydrogens (tertiary/aromatic N) is 1. The molecule has 1 aromatic carbocycles. The Morgan fingerprint density at radius 3 is 2.41 bits per heavy atom. The van der Waals surface area contributed by atoms with Crippen molar-refractivity contribution in [1.82, 2.24) is 0 Å². The third-order valence-electron chi connectivity index (χ3n) is 2.15. The summed E-state index contributed by atoms with van der Waals surface area (Å²) < 4.78 is 0. The minimum atomic E-state index is 0.761. The summed E-state index contributed by atoms with van der Waals surface area (Å²) in [6.45, 7) is 8.61. The normalized spacial score (nSPS) is 10.9. The number of hydrogen-bond donors (Lipinski definition) is 0. The summed E-state index contributed by atoms with van der Waals surface area (Å²) in [6, 6.07) is 8.74. The van der Waals surface area contributed by atoms with E-state index in [4.69, 9.17) is 0 Å². The van der Waals surface area contributed by atoms with E-state index in [-0.39, 0.29) is 0 Å². The second-order valence-electron chi connectivity index (χ2n) is 4.52. The molecule has 0 atom stereocenters. The average molecular weight is 231 g/mol. The van der Waals surface area contributed by atoms with Crippen LogP contribution >= 0.6 is 0 Å². The fourth-order valence-corrected chi connectivity index (χ4v) is 1.48. The van der Waals surface area contributed by atoms with Crippen LogP contribution in [-0.2, 0) is 6.42 Å². The van der Waals surface area contributed by atoms with E-state index in [1.807, 2.05) is 19.1 Å². The molecule has 0 spiro atoms. The van der Waals surface area contributed by atoms with Crippen molar-refractivity contribution >= 4 is 6.21 Å². The highest BCUT2D eigenvalue weighted by atomic mass is 14.6. The number of aryl methyl sites for hydroxylation is 1. The van der Waals surface area contributed by atoms with E-state index in [2.05, 4.69) is 50.0 Å². The second-order valence-corrected chi connectivity index (χ2v) is 4.52. The Kier molecular flexibility index (Phi) is 9.04. The third-order valence-corrected chi connectivity index (χ3v) is 2.15. The number of allylic oxidation sites excluding steroid dienone is 2. The van der Waals surface area contributed by atoms with Gasteiger partial charge in [-0.3, -0.25) is 4.99 Å². The van der Waals surface area contributed by atoms with E-state index in [0.29, 0.717) is 0 Å². The van der Waals surface area contributed by atoms with Crippen molar-refractivity contribution in [1.29, 1.82) is 0 Å². The van der Waals surface area contributed by atoms with Crippen LogP contribution in [0.3, 0.4) is 0 Å². The highest BCUT2D eigenvalue weighted by Crippen LogP contribution is 2.09. The van der Waals surface area contributed by atoms with E-state index in [1.54, 1.807) is 13.3 Å². The molecular weight excluding hydrogens is 206 g/mol. The van der Waals surface area contributed by atoms with Gasteiger partial charge in [-0.05, 0) is 37.8 Å². The van der Waals surface area contributed by atoms with Gasteiger partial charge < -0.3 is 0 Å². The molecule has 0 amide bonds. The maximum atomic E-state index is 3.71. The first-order chi connectivity index (χ1) is 8.10. The van der Waals surface area contributed by atoms with Crippen LogP contribution in [0.1, 0.15) is 31.9 Å². The molecule has 0 radical (unpaired) electrons. The molecule has 1 rings (SSSR count). The van der Waals surface area contributed by atoms with Gasteiger partial charge in [-0.15, -0.1) is 0 Å². The first kappa shape index (κ1) is 15.6. The molecule has 0 saturated heterocycles. The topological polar surface area (TPSA) is 12.4 Å². The van der Waals surface area contributed by atoms with Gasteiger partial charge in [0.1, 0.15) is 0 Å². The molecule has 1 heteroatoms. The Bertz CT molecular complexity index is 338. The molecule has 94 valence electrons. The summed E-state index contributed by atoms with van der Waals surface area (Å²) in [6.07, 6.45) is 6.77. The van der Waals surface area contributed by atoms with Crippen LogP contribution in [0.4, 0.5) is 0 Å². The maximum Gasteiger partial charge on any atom is 0.0277 e. The van der Waals surface area contributed by atoms with E-state index in [1.165, 1.54) is 17.5 Å². The summed E-state index contributed by atoms with van der Waals surface area (Å²) >= 11 is 0. The first-order valence-electron chi connectivity index (χ1n) is 6.19. The smallest absolute Gasteiger partial charge is 0.0277 e. The van der Waals surface area contributed by atoms with Crippen molar-refractivity contribution in [2.45, 2.75) is 34.1 Å². The van der Waals surface area contributed by atoms with Crippen LogP contribution < -0.4 is 0 Å². The molecule has 0 bridgehead atoms. The molecule has 0 saturated carbocycles. The fourth-order valence-electron chi connectivity index (χ4n) is 1.48. The van der Waals surface area contributed by atoms with Gasteiger partial charge in [0.2, 0.25) is 0 Å². The SMILES string of the molecule is C/C=C\C=NC.Cc1cccc(CC(C)C)c1. The number of benzene rings is 1. The third kappa shape index (κ3) is 9.55. The highest BCUT2D eigenvalue weighted by molar-refractivity contribution is 5.70. The minimum Gasteiger partial charge on any atom is -0.297 e. The monoisotopic (exact) mass is 231 g/mol. The molecule has 0 aliphatic rings. The summed E-state index contributed by atoms with van der Waals surface area (Å²) in [5, 5.41) is 0. The predicted molar refractivity (Wildman–Crippen MR) is 79.0 cm³/mol. The Morgan fingerprint density at radius 1 is 1.29 bits per heavy atom. The molecule has 0 N–H and O–H groups in total. The fraction of sp³-hybridized carbons (Fsp3) is 0.438. The zero-order valence-electron chi connectivity index (χ0n) is 11.8. The first-order valence-corrected chi connectivity index (χ1v) is 6.19. The van der Waals surface area contributed by atoms with Crippen LogP contribution in [0.15, 0.2) is 41.4 Å². The van der Waals surface area contributed by atoms with Gasteiger partial charge in [-0.25, -0.2) is 0 Å². The molecule has 0 unspecified atom stereocenters. The molecule has 1 aromatic rings. The molecule has 0 aromatic heterocycles. The quantitative estimate of drug-likeness (QED) is 0.681. The van der Waals surface area contributed by atoms with E-state index >= 15 is 0 Å². The molecule has 0 fully saturated rings. The lowest BCUT2D eigenvalue weighted by Crippen LogP contribution is -1.93. The van der Waals surface area contributed by atoms with E-state index < -0.39 is 0 Å².